The predicted octanol–water partition coefficient (Wildman–Crippen LogP) is 3.74. The molecule has 0 N–H and O–H groups in total. The molecule has 0 aromatic carbocycles. The fourth-order valence-corrected chi connectivity index (χ4v) is 2.42. The molecule has 0 saturated carbocycles. The molecular formula is C12H13NS. The molecule has 2 aromatic heterocycles. The summed E-state index contributed by atoms with van der Waals surface area (Å²) in [5.41, 5.74) is 3.46. The molecule has 2 rings (SSSR count). The molecule has 0 fully saturated rings. The molecule has 0 unspecified atom stereocenters. The molecule has 1 nitrogen and oxygen atoms in total. The molecule has 72 valence electrons. The topological polar surface area (TPSA) is 12.9 Å². The van der Waals surface area contributed by atoms with Gasteiger partial charge in [0.1, 0.15) is 0 Å². The number of aromatic nitrogens is 1. The molecule has 0 aliphatic carbocycles. The zero-order valence-corrected chi connectivity index (χ0v) is 9.48. The lowest BCUT2D eigenvalue weighted by Crippen LogP contribution is -1.86. The Bertz CT molecular complexity index is 437. The molecule has 0 amide bonds. The Morgan fingerprint density at radius 3 is 2.14 bits per heavy atom. The Morgan fingerprint density at radius 1 is 1.00 bits per heavy atom. The molecule has 14 heavy (non-hydrogen) atoms. The Balaban J connectivity index is 2.51. The van der Waals surface area contributed by atoms with Gasteiger partial charge in [0, 0.05) is 21.1 Å². The maximum atomic E-state index is 4.37. The van der Waals surface area contributed by atoms with E-state index < -0.39 is 0 Å². The maximum Gasteiger partial charge on any atom is 0.0382 e. The molecular weight excluding hydrogens is 190 g/mol. The van der Waals surface area contributed by atoms with Crippen LogP contribution in [-0.2, 0) is 0 Å². The van der Waals surface area contributed by atoms with Crippen LogP contribution >= 0.6 is 11.3 Å². The quantitative estimate of drug-likeness (QED) is 0.688. The summed E-state index contributed by atoms with van der Waals surface area (Å²) in [4.78, 5) is 7.05. The summed E-state index contributed by atoms with van der Waals surface area (Å²) >= 11 is 1.83. The van der Waals surface area contributed by atoms with Crippen LogP contribution in [0.4, 0.5) is 0 Å². The largest absolute Gasteiger partial charge is 0.258 e. The van der Waals surface area contributed by atoms with Crippen LogP contribution in [-0.4, -0.2) is 4.98 Å². The molecule has 0 aliphatic heterocycles. The normalized spacial score (nSPS) is 10.5. The van der Waals surface area contributed by atoms with E-state index in [1.807, 2.05) is 25.2 Å². The highest BCUT2D eigenvalue weighted by molar-refractivity contribution is 7.15. The first-order valence-corrected chi connectivity index (χ1v) is 5.49. The van der Waals surface area contributed by atoms with Crippen molar-refractivity contribution in [1.82, 2.24) is 4.98 Å². The smallest absolute Gasteiger partial charge is 0.0382 e. The second kappa shape index (κ2) is 3.54. The fourth-order valence-electron chi connectivity index (χ4n) is 1.57. The zero-order chi connectivity index (χ0) is 10.1. The minimum Gasteiger partial charge on any atom is -0.258 e. The highest BCUT2D eigenvalue weighted by Gasteiger charge is 2.02. The van der Waals surface area contributed by atoms with Gasteiger partial charge in [0.15, 0.2) is 0 Å². The van der Waals surface area contributed by atoms with Crippen LogP contribution in [0.1, 0.15) is 16.3 Å². The van der Waals surface area contributed by atoms with E-state index in [2.05, 4.69) is 36.2 Å². The summed E-state index contributed by atoms with van der Waals surface area (Å²) in [5.74, 6) is 0. The van der Waals surface area contributed by atoms with E-state index in [9.17, 15) is 0 Å². The van der Waals surface area contributed by atoms with Crippen molar-refractivity contribution >= 4 is 11.3 Å². The number of hydrogen-bond acceptors (Lipinski definition) is 2. The first kappa shape index (κ1) is 9.41. The number of nitrogens with zero attached hydrogens (tertiary/aromatic N) is 1. The minimum absolute atomic E-state index is 1.09. The summed E-state index contributed by atoms with van der Waals surface area (Å²) in [5, 5.41) is 0. The number of rotatable bonds is 1. The number of thiophene rings is 1. The minimum atomic E-state index is 1.09. The standard InChI is InChI=1S/C12H13NS/c1-8-6-11(7-9(2)13-8)12-5-4-10(3)14-12/h4-7H,1-3H3. The molecule has 0 radical (unpaired) electrons. The van der Waals surface area contributed by atoms with E-state index in [1.165, 1.54) is 15.3 Å². The third kappa shape index (κ3) is 1.85. The van der Waals surface area contributed by atoms with Crippen LogP contribution in [0, 0.1) is 20.8 Å². The van der Waals surface area contributed by atoms with Crippen molar-refractivity contribution in [1.29, 1.82) is 0 Å². The van der Waals surface area contributed by atoms with Gasteiger partial charge in [-0.1, -0.05) is 0 Å². The molecule has 0 aliphatic rings. The van der Waals surface area contributed by atoms with Crippen molar-refractivity contribution in [3.63, 3.8) is 0 Å². The molecule has 2 aromatic rings. The van der Waals surface area contributed by atoms with Crippen LogP contribution in [0.15, 0.2) is 24.3 Å². The average Bonchev–Trinajstić information content (AvgIpc) is 2.50. The van der Waals surface area contributed by atoms with Gasteiger partial charge in [0.2, 0.25) is 0 Å². The third-order valence-corrected chi connectivity index (χ3v) is 3.16. The first-order chi connectivity index (χ1) is 6.65. The Labute approximate surface area is 88.4 Å². The molecule has 0 atom stereocenters. The van der Waals surface area contributed by atoms with Crippen molar-refractivity contribution in [3.05, 3.63) is 40.5 Å². The van der Waals surface area contributed by atoms with Gasteiger partial charge < -0.3 is 0 Å². The van der Waals surface area contributed by atoms with Gasteiger partial charge in [0.25, 0.3) is 0 Å². The second-order valence-electron chi connectivity index (χ2n) is 3.55. The van der Waals surface area contributed by atoms with Crippen LogP contribution in [0.3, 0.4) is 0 Å². The SMILES string of the molecule is Cc1cc(-c2ccc(C)s2)cc(C)n1. The van der Waals surface area contributed by atoms with E-state index in [0.717, 1.165) is 11.4 Å². The van der Waals surface area contributed by atoms with Gasteiger partial charge in [-0.3, -0.25) is 4.98 Å². The maximum absolute atomic E-state index is 4.37. The first-order valence-electron chi connectivity index (χ1n) is 4.67. The van der Waals surface area contributed by atoms with Gasteiger partial charge in [0.05, 0.1) is 0 Å². The fraction of sp³-hybridized carbons (Fsp3) is 0.250. The van der Waals surface area contributed by atoms with Crippen molar-refractivity contribution in [2.24, 2.45) is 0 Å². The van der Waals surface area contributed by atoms with E-state index >= 15 is 0 Å². The molecule has 0 saturated heterocycles. The lowest BCUT2D eigenvalue weighted by molar-refractivity contribution is 1.13. The molecule has 0 bridgehead atoms. The van der Waals surface area contributed by atoms with Gasteiger partial charge >= 0.3 is 0 Å². The summed E-state index contributed by atoms with van der Waals surface area (Å²) in [7, 11) is 0. The predicted molar refractivity (Wildman–Crippen MR) is 61.8 cm³/mol. The van der Waals surface area contributed by atoms with Gasteiger partial charge in [-0.2, -0.15) is 0 Å². The monoisotopic (exact) mass is 203 g/mol. The van der Waals surface area contributed by atoms with Crippen molar-refractivity contribution in [2.45, 2.75) is 20.8 Å². The van der Waals surface area contributed by atoms with Crippen LogP contribution in [0.25, 0.3) is 10.4 Å². The number of pyridine rings is 1. The summed E-state index contributed by atoms with van der Waals surface area (Å²) in [6.07, 6.45) is 0. The van der Waals surface area contributed by atoms with E-state index in [-0.39, 0.29) is 0 Å². The summed E-state index contributed by atoms with van der Waals surface area (Å²) in [6, 6.07) is 8.61. The van der Waals surface area contributed by atoms with Crippen LogP contribution in [0.5, 0.6) is 0 Å². The lowest BCUT2D eigenvalue weighted by Gasteiger charge is -2.01. The van der Waals surface area contributed by atoms with Crippen molar-refractivity contribution in [2.75, 3.05) is 0 Å². The molecule has 0 spiro atoms. The lowest BCUT2D eigenvalue weighted by atomic mass is 10.1. The third-order valence-electron chi connectivity index (χ3n) is 2.11. The van der Waals surface area contributed by atoms with E-state index in [1.54, 1.807) is 0 Å². The van der Waals surface area contributed by atoms with Crippen LogP contribution in [0.2, 0.25) is 0 Å². The van der Waals surface area contributed by atoms with Crippen molar-refractivity contribution < 1.29 is 0 Å². The zero-order valence-electron chi connectivity index (χ0n) is 8.66. The average molecular weight is 203 g/mol. The highest BCUT2D eigenvalue weighted by atomic mass is 32.1. The summed E-state index contributed by atoms with van der Waals surface area (Å²) in [6.45, 7) is 6.21. The second-order valence-corrected chi connectivity index (χ2v) is 4.84. The van der Waals surface area contributed by atoms with E-state index in [0.29, 0.717) is 0 Å². The number of hydrogen-bond donors (Lipinski definition) is 0. The van der Waals surface area contributed by atoms with E-state index in [4.69, 9.17) is 0 Å². The highest BCUT2D eigenvalue weighted by Crippen LogP contribution is 2.28. The molecule has 2 heteroatoms. The van der Waals surface area contributed by atoms with Crippen molar-refractivity contribution in [3.8, 4) is 10.4 Å². The number of aryl methyl sites for hydroxylation is 3. The Hall–Kier alpha value is -1.15. The van der Waals surface area contributed by atoms with Gasteiger partial charge in [-0.05, 0) is 50.6 Å². The Kier molecular flexibility index (Phi) is 2.38. The Morgan fingerprint density at radius 2 is 1.64 bits per heavy atom. The van der Waals surface area contributed by atoms with Gasteiger partial charge in [-0.25, -0.2) is 0 Å². The van der Waals surface area contributed by atoms with Crippen LogP contribution < -0.4 is 0 Å². The molecule has 2 heterocycles. The summed E-state index contributed by atoms with van der Waals surface area (Å²) < 4.78 is 0. The van der Waals surface area contributed by atoms with Gasteiger partial charge in [-0.15, -0.1) is 11.3 Å².